The number of phenols is 1. The molecule has 8 heteroatoms. The van der Waals surface area contributed by atoms with Crippen molar-refractivity contribution in [3.63, 3.8) is 0 Å². The first-order chi connectivity index (χ1) is 9.97. The third-order valence-electron chi connectivity index (χ3n) is 2.94. The molecule has 0 aromatic heterocycles. The van der Waals surface area contributed by atoms with Gasteiger partial charge in [-0.3, -0.25) is 9.59 Å². The lowest BCUT2D eigenvalue weighted by Gasteiger charge is -2.05. The van der Waals surface area contributed by atoms with Crippen LogP contribution in [0.25, 0.3) is 0 Å². The normalized spacial score (nSPS) is 17.7. The topological polar surface area (TPSA) is 103 Å². The molecule has 0 fully saturated rings. The molecule has 1 heterocycles. The average molecular weight is 353 g/mol. The van der Waals surface area contributed by atoms with Gasteiger partial charge in [-0.2, -0.15) is 10.2 Å². The highest BCUT2D eigenvalue weighted by Crippen LogP contribution is 2.19. The summed E-state index contributed by atoms with van der Waals surface area (Å²) in [5, 5.41) is 17.1. The number of nitrogens with one attached hydrogen (secondary N) is 2. The van der Waals surface area contributed by atoms with E-state index >= 15 is 0 Å². The van der Waals surface area contributed by atoms with Crippen LogP contribution in [0.4, 0.5) is 0 Å². The standard InChI is InChI=1S/C13H13BrN4O3/c1-7-10(13(21)18-16-7)5-12(20)17-15-6-8-4-9(14)2-3-11(8)19/h2-4,6,10,19H,5H2,1H3,(H,17,20)(H,18,21)/b15-6-/t10-/m1/s1. The van der Waals surface area contributed by atoms with E-state index in [2.05, 4.69) is 37.0 Å². The van der Waals surface area contributed by atoms with Gasteiger partial charge in [-0.05, 0) is 25.1 Å². The van der Waals surface area contributed by atoms with Crippen molar-refractivity contribution in [3.05, 3.63) is 28.2 Å². The predicted molar refractivity (Wildman–Crippen MR) is 80.9 cm³/mol. The fourth-order valence-electron chi connectivity index (χ4n) is 1.76. The molecule has 2 rings (SSSR count). The Morgan fingerprint density at radius 3 is 3.05 bits per heavy atom. The summed E-state index contributed by atoms with van der Waals surface area (Å²) in [5.41, 5.74) is 5.66. The zero-order valence-corrected chi connectivity index (χ0v) is 12.7. The van der Waals surface area contributed by atoms with Gasteiger partial charge in [0.25, 0.3) is 0 Å². The van der Waals surface area contributed by atoms with E-state index < -0.39 is 11.8 Å². The molecular formula is C13H13BrN4O3. The molecule has 1 aromatic rings. The molecule has 7 nitrogen and oxygen atoms in total. The number of benzene rings is 1. The van der Waals surface area contributed by atoms with Gasteiger partial charge in [0.2, 0.25) is 11.8 Å². The molecule has 3 N–H and O–H groups in total. The average Bonchev–Trinajstić information content (AvgIpc) is 2.74. The molecule has 110 valence electrons. The molecule has 0 saturated heterocycles. The summed E-state index contributed by atoms with van der Waals surface area (Å²) in [6.45, 7) is 1.68. The van der Waals surface area contributed by atoms with Gasteiger partial charge < -0.3 is 5.11 Å². The number of hydrogen-bond donors (Lipinski definition) is 3. The Morgan fingerprint density at radius 2 is 2.38 bits per heavy atom. The monoisotopic (exact) mass is 352 g/mol. The number of rotatable bonds is 4. The first-order valence-corrected chi connectivity index (χ1v) is 6.91. The Morgan fingerprint density at radius 1 is 1.62 bits per heavy atom. The molecule has 1 aromatic carbocycles. The van der Waals surface area contributed by atoms with Crippen LogP contribution in [0.5, 0.6) is 5.75 Å². The molecule has 1 atom stereocenters. The van der Waals surface area contributed by atoms with Crippen LogP contribution in [0, 0.1) is 5.92 Å². The van der Waals surface area contributed by atoms with E-state index in [9.17, 15) is 14.7 Å². The highest BCUT2D eigenvalue weighted by atomic mass is 79.9. The third-order valence-corrected chi connectivity index (χ3v) is 3.43. The first-order valence-electron chi connectivity index (χ1n) is 6.12. The van der Waals surface area contributed by atoms with Gasteiger partial charge in [-0.1, -0.05) is 15.9 Å². The number of hydrazone groups is 2. The van der Waals surface area contributed by atoms with Crippen LogP contribution in [0.2, 0.25) is 0 Å². The summed E-state index contributed by atoms with van der Waals surface area (Å²) in [6.07, 6.45) is 1.30. The van der Waals surface area contributed by atoms with E-state index in [1.54, 1.807) is 19.1 Å². The van der Waals surface area contributed by atoms with Gasteiger partial charge >= 0.3 is 0 Å². The smallest absolute Gasteiger partial charge is 0.249 e. The van der Waals surface area contributed by atoms with Gasteiger partial charge in [0.15, 0.2) is 0 Å². The molecule has 0 radical (unpaired) electrons. The van der Waals surface area contributed by atoms with Crippen molar-refractivity contribution >= 4 is 39.7 Å². The summed E-state index contributed by atoms with van der Waals surface area (Å²) in [5.74, 6) is -1.21. The van der Waals surface area contributed by atoms with Crippen LogP contribution < -0.4 is 10.9 Å². The van der Waals surface area contributed by atoms with E-state index in [1.165, 1.54) is 12.3 Å². The third kappa shape index (κ3) is 3.88. The lowest BCUT2D eigenvalue weighted by atomic mass is 10.0. The summed E-state index contributed by atoms with van der Waals surface area (Å²) in [4.78, 5) is 23.1. The van der Waals surface area contributed by atoms with Crippen LogP contribution in [0.3, 0.4) is 0 Å². The minimum absolute atomic E-state index is 0.0248. The Bertz CT molecular complexity index is 642. The van der Waals surface area contributed by atoms with Gasteiger partial charge in [-0.25, -0.2) is 10.9 Å². The van der Waals surface area contributed by atoms with Crippen LogP contribution in [0.1, 0.15) is 18.9 Å². The van der Waals surface area contributed by atoms with E-state index in [4.69, 9.17) is 0 Å². The summed E-state index contributed by atoms with van der Waals surface area (Å²) >= 11 is 3.27. The number of amides is 2. The number of hydrogen-bond acceptors (Lipinski definition) is 5. The molecule has 0 saturated carbocycles. The second-order valence-corrected chi connectivity index (χ2v) is 5.40. The fourth-order valence-corrected chi connectivity index (χ4v) is 2.14. The Labute approximate surface area is 129 Å². The summed E-state index contributed by atoms with van der Waals surface area (Å²) < 4.78 is 0.780. The largest absolute Gasteiger partial charge is 0.507 e. The molecule has 0 spiro atoms. The number of carbonyl (C=O) groups is 2. The van der Waals surface area contributed by atoms with Crippen molar-refractivity contribution in [1.82, 2.24) is 10.9 Å². The molecule has 2 amide bonds. The van der Waals surface area contributed by atoms with Crippen molar-refractivity contribution in [2.45, 2.75) is 13.3 Å². The number of halogens is 1. The molecule has 0 unspecified atom stereocenters. The maximum Gasteiger partial charge on any atom is 0.249 e. The second-order valence-electron chi connectivity index (χ2n) is 4.48. The maximum absolute atomic E-state index is 11.7. The van der Waals surface area contributed by atoms with Crippen molar-refractivity contribution in [2.24, 2.45) is 16.1 Å². The zero-order chi connectivity index (χ0) is 15.4. The highest BCUT2D eigenvalue weighted by Gasteiger charge is 2.28. The van der Waals surface area contributed by atoms with Crippen LogP contribution in [-0.2, 0) is 9.59 Å². The zero-order valence-electron chi connectivity index (χ0n) is 11.1. The van der Waals surface area contributed by atoms with Gasteiger partial charge in [0.05, 0.1) is 12.1 Å². The molecule has 21 heavy (non-hydrogen) atoms. The van der Waals surface area contributed by atoms with Gasteiger partial charge in [-0.15, -0.1) is 0 Å². The van der Waals surface area contributed by atoms with Crippen molar-refractivity contribution in [3.8, 4) is 5.75 Å². The SMILES string of the molecule is CC1=NNC(=O)[C@@H]1CC(=O)N/N=C\c1cc(Br)ccc1O. The lowest BCUT2D eigenvalue weighted by molar-refractivity contribution is -0.127. The maximum atomic E-state index is 11.7. The number of carbonyl (C=O) groups excluding carboxylic acids is 2. The minimum Gasteiger partial charge on any atom is -0.507 e. The fraction of sp³-hybridized carbons (Fsp3) is 0.231. The first kappa shape index (κ1) is 15.2. The molecule has 0 aliphatic carbocycles. The van der Waals surface area contributed by atoms with Crippen LogP contribution >= 0.6 is 15.9 Å². The summed E-state index contributed by atoms with van der Waals surface area (Å²) in [6, 6.07) is 4.86. The van der Waals surface area contributed by atoms with Gasteiger partial charge in [0.1, 0.15) is 5.75 Å². The predicted octanol–water partition coefficient (Wildman–Crippen LogP) is 1.12. The quantitative estimate of drug-likeness (QED) is 0.558. The number of nitrogens with zero attached hydrogens (tertiary/aromatic N) is 2. The van der Waals surface area contributed by atoms with E-state index in [-0.39, 0.29) is 18.1 Å². The highest BCUT2D eigenvalue weighted by molar-refractivity contribution is 9.10. The van der Waals surface area contributed by atoms with Crippen LogP contribution in [0.15, 0.2) is 32.9 Å². The van der Waals surface area contributed by atoms with E-state index in [0.717, 1.165) is 4.47 Å². The second kappa shape index (κ2) is 6.49. The Hall–Kier alpha value is -2.22. The van der Waals surface area contributed by atoms with Gasteiger partial charge in [0, 0.05) is 22.2 Å². The number of phenolic OH excluding ortho intramolecular Hbond substituents is 1. The molecule has 1 aliphatic heterocycles. The Kier molecular flexibility index (Phi) is 4.69. The molecule has 0 bridgehead atoms. The van der Waals surface area contributed by atoms with Crippen molar-refractivity contribution in [2.75, 3.05) is 0 Å². The van der Waals surface area contributed by atoms with Crippen LogP contribution in [-0.4, -0.2) is 28.8 Å². The summed E-state index contributed by atoms with van der Waals surface area (Å²) in [7, 11) is 0. The minimum atomic E-state index is -0.556. The van der Waals surface area contributed by atoms with E-state index in [1.807, 2.05) is 0 Å². The molecule has 1 aliphatic rings. The lowest BCUT2D eigenvalue weighted by Crippen LogP contribution is -2.29. The number of aromatic hydroxyl groups is 1. The van der Waals surface area contributed by atoms with E-state index in [0.29, 0.717) is 11.3 Å². The Balaban J connectivity index is 1.92. The van der Waals surface area contributed by atoms with Crippen molar-refractivity contribution in [1.29, 1.82) is 0 Å². The van der Waals surface area contributed by atoms with Crippen molar-refractivity contribution < 1.29 is 14.7 Å². The molecular weight excluding hydrogens is 340 g/mol.